The molecule has 42 heavy (non-hydrogen) atoms. The number of carbonyl (C=O) groups excluding carboxylic acids is 1. The summed E-state index contributed by atoms with van der Waals surface area (Å²) < 4.78 is 2.46. The molecule has 2 heterocycles. The van der Waals surface area contributed by atoms with Crippen LogP contribution in [0.2, 0.25) is 0 Å². The summed E-state index contributed by atoms with van der Waals surface area (Å²) in [6.45, 7) is 14.5. The number of likely N-dealkylation sites (N-methyl/N-ethyl adjacent to an activating group) is 2. The van der Waals surface area contributed by atoms with Crippen LogP contribution in [-0.2, 0) is 4.79 Å². The van der Waals surface area contributed by atoms with Gasteiger partial charge in [-0.3, -0.25) is 4.79 Å². The first kappa shape index (κ1) is 30.7. The Morgan fingerprint density at radius 3 is 1.79 bits per heavy atom. The Bertz CT molecular complexity index is 1160. The lowest BCUT2D eigenvalue weighted by Gasteiger charge is -2.40. The van der Waals surface area contributed by atoms with E-state index in [0.29, 0.717) is 5.57 Å². The molecule has 4 aliphatic rings. The molecular formula is C34H50N6O2. The van der Waals surface area contributed by atoms with E-state index in [1.807, 2.05) is 24.3 Å². The maximum Gasteiger partial charge on any atom is 0.199 e. The van der Waals surface area contributed by atoms with E-state index in [0.717, 1.165) is 82.4 Å². The number of rotatable bonds is 13. The van der Waals surface area contributed by atoms with Gasteiger partial charge in [0.15, 0.2) is 24.6 Å². The second-order valence-electron chi connectivity index (χ2n) is 12.1. The van der Waals surface area contributed by atoms with Crippen LogP contribution in [0.25, 0.3) is 5.57 Å². The summed E-state index contributed by atoms with van der Waals surface area (Å²) in [5.41, 5.74) is 3.37. The fraction of sp³-hybridized carbons (Fsp3) is 0.588. The van der Waals surface area contributed by atoms with Gasteiger partial charge >= 0.3 is 0 Å². The van der Waals surface area contributed by atoms with Gasteiger partial charge in [-0.15, -0.1) is 5.76 Å². The molecule has 0 saturated carbocycles. The second-order valence-corrected chi connectivity index (χ2v) is 12.1. The van der Waals surface area contributed by atoms with E-state index in [1.165, 1.54) is 25.7 Å². The van der Waals surface area contributed by atoms with Crippen molar-refractivity contribution >= 4 is 22.8 Å². The molecule has 5 rings (SSSR count). The first-order chi connectivity index (χ1) is 20.4. The molecule has 1 atom stereocenters. The summed E-state index contributed by atoms with van der Waals surface area (Å²) in [4.78, 5) is 15.5. The molecule has 0 amide bonds. The third-order valence-electron chi connectivity index (χ3n) is 9.59. The van der Waals surface area contributed by atoms with Gasteiger partial charge in [-0.1, -0.05) is 24.3 Å². The Kier molecular flexibility index (Phi) is 10.3. The molecular weight excluding hydrogens is 524 g/mol. The minimum atomic E-state index is -0.604. The highest BCUT2D eigenvalue weighted by molar-refractivity contribution is 6.29. The van der Waals surface area contributed by atoms with Gasteiger partial charge in [0.05, 0.1) is 13.1 Å². The van der Waals surface area contributed by atoms with Crippen molar-refractivity contribution in [2.45, 2.75) is 39.5 Å². The molecule has 0 N–H and O–H groups in total. The van der Waals surface area contributed by atoms with Crippen molar-refractivity contribution in [3.8, 4) is 0 Å². The van der Waals surface area contributed by atoms with E-state index in [9.17, 15) is 9.90 Å². The van der Waals surface area contributed by atoms with Gasteiger partial charge in [-0.05, 0) is 57.2 Å². The molecule has 0 spiro atoms. The van der Waals surface area contributed by atoms with Crippen LogP contribution in [0, 0.1) is 11.8 Å². The largest absolute Gasteiger partial charge is 0.874 e. The Balaban J connectivity index is 1.27. The Morgan fingerprint density at radius 1 is 0.833 bits per heavy atom. The molecule has 8 heteroatoms. The van der Waals surface area contributed by atoms with Crippen molar-refractivity contribution in [3.05, 3.63) is 59.9 Å². The lowest BCUT2D eigenvalue weighted by Crippen LogP contribution is -2.44. The quantitative estimate of drug-likeness (QED) is 0.336. The molecule has 2 aliphatic heterocycles. The minimum absolute atomic E-state index is 0.0327. The van der Waals surface area contributed by atoms with Gasteiger partial charge in [0.25, 0.3) is 0 Å². The van der Waals surface area contributed by atoms with Crippen LogP contribution >= 0.6 is 0 Å². The highest BCUT2D eigenvalue weighted by Gasteiger charge is 2.38. The number of Topliss-reactive ketones (excluding diaryl/α,β-unsaturated/α-hetero) is 1. The van der Waals surface area contributed by atoms with Crippen LogP contribution in [0.4, 0.5) is 5.69 Å². The summed E-state index contributed by atoms with van der Waals surface area (Å²) >= 11 is 0. The van der Waals surface area contributed by atoms with E-state index in [1.54, 1.807) is 0 Å². The molecule has 0 radical (unpaired) electrons. The lowest BCUT2D eigenvalue weighted by atomic mass is 9.71. The molecule has 8 nitrogen and oxygen atoms in total. The highest BCUT2D eigenvalue weighted by Crippen LogP contribution is 2.41. The number of nitrogens with zero attached hydrogens (tertiary/aromatic N) is 6. The molecule has 228 valence electrons. The standard InChI is InChI=1S/C34H50N6O2/c1-5-37(6-2)29-15-11-27(12-16-29)31-33(41)32(34(31)42)28-13-17-30(18-14-28)38(25-23-35(3)39-19-7-8-20-39)26-24-36(4)40-21-9-10-22-40/h11-18,28,32H,5-10,19-26H2,1-4H3. The average molecular weight is 575 g/mol. The molecule has 0 aromatic heterocycles. The van der Waals surface area contributed by atoms with Crippen LogP contribution in [-0.4, -0.2) is 116 Å². The van der Waals surface area contributed by atoms with Crippen LogP contribution < -0.4 is 10.0 Å². The number of ketones is 1. The van der Waals surface area contributed by atoms with E-state index in [-0.39, 0.29) is 17.5 Å². The van der Waals surface area contributed by atoms with Crippen LogP contribution in [0.15, 0.2) is 54.3 Å². The summed E-state index contributed by atoms with van der Waals surface area (Å²) in [5, 5.41) is 22.9. The van der Waals surface area contributed by atoms with Crippen LogP contribution in [0.1, 0.15) is 45.1 Å². The minimum Gasteiger partial charge on any atom is -0.874 e. The van der Waals surface area contributed by atoms with Crippen LogP contribution in [0.3, 0.4) is 0 Å². The molecule has 2 fully saturated rings. The number of allylic oxidation sites excluding steroid dienone is 6. The highest BCUT2D eigenvalue weighted by atomic mass is 16.3. The third kappa shape index (κ3) is 6.72. The fourth-order valence-electron chi connectivity index (χ4n) is 6.78. The van der Waals surface area contributed by atoms with Crippen molar-refractivity contribution in [1.29, 1.82) is 0 Å². The Hall–Kier alpha value is -2.78. The summed E-state index contributed by atoms with van der Waals surface area (Å²) in [6.07, 6.45) is 13.5. The van der Waals surface area contributed by atoms with Crippen LogP contribution in [0.5, 0.6) is 0 Å². The predicted octanol–water partition coefficient (Wildman–Crippen LogP) is 2.88. The van der Waals surface area contributed by atoms with Crippen molar-refractivity contribution < 1.29 is 14.5 Å². The molecule has 0 bridgehead atoms. The van der Waals surface area contributed by atoms with Crippen molar-refractivity contribution in [2.75, 3.05) is 84.4 Å². The SMILES string of the molecule is CCN(CC)c1ccc(C2=C([O-])C(C3C=CC(=[N+](CCN(C)N4CCCC4)CCN(C)N4CCCC4)C=C3)C2=O)cc1. The molecule has 2 saturated heterocycles. The zero-order valence-electron chi connectivity index (χ0n) is 26.2. The Labute approximate surface area is 252 Å². The summed E-state index contributed by atoms with van der Waals surface area (Å²) in [5.74, 6) is -0.856. The molecule has 1 aromatic rings. The van der Waals surface area contributed by atoms with E-state index in [2.05, 4.69) is 81.8 Å². The van der Waals surface area contributed by atoms with Crippen molar-refractivity contribution in [3.63, 3.8) is 0 Å². The first-order valence-electron chi connectivity index (χ1n) is 16.1. The number of benzene rings is 1. The average Bonchev–Trinajstić information content (AvgIpc) is 3.75. The topological polar surface area (TPSA) is 59.3 Å². The lowest BCUT2D eigenvalue weighted by molar-refractivity contribution is -0.529. The number of hydrogen-bond acceptors (Lipinski definition) is 7. The summed E-state index contributed by atoms with van der Waals surface area (Å²) in [7, 11) is 4.40. The summed E-state index contributed by atoms with van der Waals surface area (Å²) in [6, 6.07) is 7.87. The van der Waals surface area contributed by atoms with Gasteiger partial charge in [-0.25, -0.2) is 24.6 Å². The second kappa shape index (κ2) is 14.1. The maximum atomic E-state index is 13.3. The van der Waals surface area contributed by atoms with Gasteiger partial charge in [-0.2, -0.15) is 0 Å². The number of hydrogen-bond donors (Lipinski definition) is 0. The smallest absolute Gasteiger partial charge is 0.199 e. The van der Waals surface area contributed by atoms with E-state index in [4.69, 9.17) is 0 Å². The van der Waals surface area contributed by atoms with Crippen molar-refractivity contribution in [1.82, 2.24) is 20.0 Å². The Morgan fingerprint density at radius 2 is 1.33 bits per heavy atom. The fourth-order valence-corrected chi connectivity index (χ4v) is 6.78. The number of hydrazine groups is 2. The molecule has 1 unspecified atom stereocenters. The molecule has 1 aromatic carbocycles. The molecule has 2 aliphatic carbocycles. The monoisotopic (exact) mass is 574 g/mol. The van der Waals surface area contributed by atoms with Gasteiger partial charge < -0.3 is 10.0 Å². The normalized spacial score (nSPS) is 23.1. The van der Waals surface area contributed by atoms with E-state index >= 15 is 0 Å². The van der Waals surface area contributed by atoms with Gasteiger partial charge in [0, 0.05) is 88.6 Å². The van der Waals surface area contributed by atoms with E-state index < -0.39 is 5.92 Å². The zero-order chi connectivity index (χ0) is 29.6. The zero-order valence-corrected chi connectivity index (χ0v) is 26.2. The number of anilines is 1. The third-order valence-corrected chi connectivity index (χ3v) is 9.59. The first-order valence-corrected chi connectivity index (χ1v) is 16.1. The number of carbonyl (C=O) groups is 1. The maximum absolute atomic E-state index is 13.3. The van der Waals surface area contributed by atoms with Crippen molar-refractivity contribution in [2.24, 2.45) is 11.8 Å². The van der Waals surface area contributed by atoms with Gasteiger partial charge in [0.1, 0.15) is 0 Å². The van der Waals surface area contributed by atoms with Gasteiger partial charge in [0.2, 0.25) is 0 Å². The predicted molar refractivity (Wildman–Crippen MR) is 169 cm³/mol.